The molecule has 2 aromatic rings. The second-order valence-corrected chi connectivity index (χ2v) is 14.3. The summed E-state index contributed by atoms with van der Waals surface area (Å²) in [6.45, 7) is 6.88. The van der Waals surface area contributed by atoms with Crippen LogP contribution in [0.1, 0.15) is 23.6 Å². The molecule has 6 nitrogen and oxygen atoms in total. The molecule has 2 N–H and O–H groups in total. The van der Waals surface area contributed by atoms with Gasteiger partial charge in [-0.3, -0.25) is 4.79 Å². The van der Waals surface area contributed by atoms with Crippen molar-refractivity contribution in [2.45, 2.75) is 44.6 Å². The van der Waals surface area contributed by atoms with Crippen LogP contribution in [0, 0.1) is 5.82 Å². The Balaban J connectivity index is 1.82. The summed E-state index contributed by atoms with van der Waals surface area (Å²) in [4.78, 5) is 27.5. The maximum absolute atomic E-state index is 14.7. The number of nitrogens with one attached hydrogen (secondary N) is 1. The van der Waals surface area contributed by atoms with Crippen molar-refractivity contribution >= 4 is 25.1 Å². The number of hydrogen-bond acceptors (Lipinski definition) is 4. The lowest BCUT2D eigenvalue weighted by Crippen LogP contribution is -2.43. The first kappa shape index (κ1) is 23.9. The molecular weight excluding hydrogens is 427 g/mol. The number of nitrogens with zero attached hydrogens (tertiary/aromatic N) is 1. The molecule has 2 amide bonds. The molecule has 0 spiro atoms. The Morgan fingerprint density at radius 1 is 1.22 bits per heavy atom. The van der Waals surface area contributed by atoms with E-state index >= 15 is 0 Å². The number of rotatable bonds is 7. The fraction of sp³-hybridized carbons (Fsp3) is 0.417. The number of ketones is 1. The molecular formula is C24H31FN2O4Si. The number of halogens is 1. The number of likely N-dealkylation sites (tertiary alicyclic amines) is 1. The van der Waals surface area contributed by atoms with Gasteiger partial charge in [-0.1, -0.05) is 43.9 Å². The van der Waals surface area contributed by atoms with Gasteiger partial charge in [0.1, 0.15) is 17.6 Å². The highest BCUT2D eigenvalue weighted by atomic mass is 28.3. The SMILES string of the molecule is COc1ccc(C(NC(=O)N2CCC(O)C2)C(=O)Cc2ccc([Si](C)(C)C)c(F)c2)cc1. The zero-order chi connectivity index (χ0) is 23.5. The molecule has 1 heterocycles. The maximum atomic E-state index is 14.7. The molecule has 1 fully saturated rings. The second-order valence-electron chi connectivity index (χ2n) is 9.25. The fourth-order valence-corrected chi connectivity index (χ4v) is 5.24. The average Bonchev–Trinajstić information content (AvgIpc) is 3.17. The largest absolute Gasteiger partial charge is 0.497 e. The van der Waals surface area contributed by atoms with E-state index < -0.39 is 26.3 Å². The highest BCUT2D eigenvalue weighted by Crippen LogP contribution is 2.22. The number of Topliss-reactive ketones (excluding diaryl/α,β-unsaturated/α-hetero) is 1. The van der Waals surface area contributed by atoms with Crippen molar-refractivity contribution in [3.05, 3.63) is 59.4 Å². The van der Waals surface area contributed by atoms with Gasteiger partial charge >= 0.3 is 6.03 Å². The van der Waals surface area contributed by atoms with Crippen molar-refractivity contribution in [2.24, 2.45) is 0 Å². The molecule has 2 unspecified atom stereocenters. The van der Waals surface area contributed by atoms with E-state index in [0.717, 1.165) is 5.19 Å². The third-order valence-electron chi connectivity index (χ3n) is 5.71. The summed E-state index contributed by atoms with van der Waals surface area (Å²) in [5.74, 6) is 0.104. The maximum Gasteiger partial charge on any atom is 0.318 e. The van der Waals surface area contributed by atoms with Crippen molar-refractivity contribution in [2.75, 3.05) is 20.2 Å². The first-order chi connectivity index (χ1) is 15.1. The second kappa shape index (κ2) is 9.83. The summed E-state index contributed by atoms with van der Waals surface area (Å²) < 4.78 is 19.8. The minimum atomic E-state index is -1.82. The minimum absolute atomic E-state index is 0.0114. The molecule has 0 aliphatic carbocycles. The van der Waals surface area contributed by atoms with Gasteiger partial charge in [-0.25, -0.2) is 9.18 Å². The van der Waals surface area contributed by atoms with Crippen LogP contribution < -0.4 is 15.2 Å². The molecule has 1 aliphatic heterocycles. The third-order valence-corrected chi connectivity index (χ3v) is 7.73. The number of aliphatic hydroxyl groups is 1. The Morgan fingerprint density at radius 3 is 2.44 bits per heavy atom. The van der Waals surface area contributed by atoms with Gasteiger partial charge in [0.15, 0.2) is 5.78 Å². The molecule has 172 valence electrons. The molecule has 2 atom stereocenters. The summed E-state index contributed by atoms with van der Waals surface area (Å²) >= 11 is 0. The van der Waals surface area contributed by atoms with E-state index in [4.69, 9.17) is 4.74 Å². The number of ether oxygens (including phenoxy) is 1. The number of amides is 2. The van der Waals surface area contributed by atoms with E-state index in [9.17, 15) is 19.1 Å². The van der Waals surface area contributed by atoms with Crippen LogP contribution in [0.2, 0.25) is 19.6 Å². The van der Waals surface area contributed by atoms with Crippen LogP contribution in [0.25, 0.3) is 0 Å². The van der Waals surface area contributed by atoms with Gasteiger partial charge in [0.05, 0.1) is 21.3 Å². The number of urea groups is 1. The molecule has 1 aliphatic rings. The molecule has 0 bridgehead atoms. The topological polar surface area (TPSA) is 78.9 Å². The molecule has 1 saturated heterocycles. The quantitative estimate of drug-likeness (QED) is 0.625. The van der Waals surface area contributed by atoms with E-state index in [2.05, 4.69) is 25.0 Å². The van der Waals surface area contributed by atoms with E-state index in [1.165, 1.54) is 11.0 Å². The van der Waals surface area contributed by atoms with Crippen molar-refractivity contribution in [3.8, 4) is 5.75 Å². The summed E-state index contributed by atoms with van der Waals surface area (Å²) in [7, 11) is -0.269. The van der Waals surface area contributed by atoms with Crippen LogP contribution in [-0.4, -0.2) is 56.2 Å². The normalized spacial score (nSPS) is 17.2. The zero-order valence-electron chi connectivity index (χ0n) is 19.0. The Hall–Kier alpha value is -2.71. The first-order valence-corrected chi connectivity index (χ1v) is 14.3. The summed E-state index contributed by atoms with van der Waals surface area (Å²) in [6.07, 6.45) is -0.0523. The number of aliphatic hydroxyl groups excluding tert-OH is 1. The number of β-amino-alcohol motifs (C(OH)–C–C–N with tert-alkyl or cyclic N) is 1. The summed E-state index contributed by atoms with van der Waals surface area (Å²) in [5.41, 5.74) is 1.18. The van der Waals surface area contributed by atoms with E-state index in [0.29, 0.717) is 29.8 Å². The lowest BCUT2D eigenvalue weighted by molar-refractivity contribution is -0.120. The standard InChI is InChI=1S/C24H31FN2O4Si/c1-31-19-8-6-17(7-9-19)23(26-24(30)27-12-11-18(28)15-27)21(29)14-16-5-10-22(20(25)13-16)32(2,3)4/h5-10,13,18,23,28H,11-12,14-15H2,1-4H3,(H,26,30). The number of methoxy groups -OCH3 is 1. The van der Waals surface area contributed by atoms with Crippen LogP contribution in [0.3, 0.4) is 0 Å². The van der Waals surface area contributed by atoms with E-state index in [1.807, 2.05) is 0 Å². The van der Waals surface area contributed by atoms with Crippen molar-refractivity contribution in [1.29, 1.82) is 0 Å². The minimum Gasteiger partial charge on any atom is -0.497 e. The van der Waals surface area contributed by atoms with Crippen molar-refractivity contribution in [1.82, 2.24) is 10.2 Å². The average molecular weight is 459 g/mol. The smallest absolute Gasteiger partial charge is 0.318 e. The van der Waals surface area contributed by atoms with Gasteiger partial charge in [0.25, 0.3) is 0 Å². The molecule has 0 saturated carbocycles. The predicted octanol–water partition coefficient (Wildman–Crippen LogP) is 3.01. The van der Waals surface area contributed by atoms with Crippen LogP contribution in [-0.2, 0) is 11.2 Å². The Labute approximate surface area is 189 Å². The molecule has 0 radical (unpaired) electrons. The van der Waals surface area contributed by atoms with Crippen LogP contribution in [0.15, 0.2) is 42.5 Å². The zero-order valence-corrected chi connectivity index (χ0v) is 20.0. The van der Waals surface area contributed by atoms with Crippen molar-refractivity contribution < 1.29 is 23.8 Å². The predicted molar refractivity (Wildman–Crippen MR) is 125 cm³/mol. The van der Waals surface area contributed by atoms with Crippen molar-refractivity contribution in [3.63, 3.8) is 0 Å². The Kier molecular flexibility index (Phi) is 7.35. The first-order valence-electron chi connectivity index (χ1n) is 10.8. The molecule has 3 rings (SSSR count). The number of benzene rings is 2. The number of carbonyl (C=O) groups excluding carboxylic acids is 2. The summed E-state index contributed by atoms with van der Waals surface area (Å²) in [5, 5.41) is 13.3. The van der Waals surface area contributed by atoms with Gasteiger partial charge < -0.3 is 20.1 Å². The summed E-state index contributed by atoms with van der Waals surface area (Å²) in [6, 6.07) is 10.6. The van der Waals surface area contributed by atoms with E-state index in [-0.39, 0.29) is 24.6 Å². The number of carbonyl (C=O) groups is 2. The lowest BCUT2D eigenvalue weighted by atomic mass is 9.97. The highest BCUT2D eigenvalue weighted by molar-refractivity contribution is 6.88. The molecule has 2 aromatic carbocycles. The van der Waals surface area contributed by atoms with Crippen LogP contribution in [0.4, 0.5) is 9.18 Å². The highest BCUT2D eigenvalue weighted by Gasteiger charge is 2.29. The lowest BCUT2D eigenvalue weighted by Gasteiger charge is -2.23. The van der Waals surface area contributed by atoms with Gasteiger partial charge in [-0.2, -0.15) is 0 Å². The van der Waals surface area contributed by atoms with Gasteiger partial charge in [-0.05, 0) is 40.9 Å². The van der Waals surface area contributed by atoms with Gasteiger partial charge in [0.2, 0.25) is 0 Å². The Bertz CT molecular complexity index is 975. The van der Waals surface area contributed by atoms with Gasteiger partial charge in [0, 0.05) is 19.5 Å². The molecule has 0 aromatic heterocycles. The van der Waals surface area contributed by atoms with Crippen LogP contribution >= 0.6 is 0 Å². The van der Waals surface area contributed by atoms with E-state index in [1.54, 1.807) is 43.5 Å². The molecule has 32 heavy (non-hydrogen) atoms. The number of hydrogen-bond donors (Lipinski definition) is 2. The van der Waals surface area contributed by atoms with Gasteiger partial charge in [-0.15, -0.1) is 0 Å². The monoisotopic (exact) mass is 458 g/mol. The van der Waals surface area contributed by atoms with Crippen LogP contribution in [0.5, 0.6) is 5.75 Å². The Morgan fingerprint density at radius 2 is 1.91 bits per heavy atom. The fourth-order valence-electron chi connectivity index (χ4n) is 3.87. The third kappa shape index (κ3) is 5.75. The molecule has 8 heteroatoms.